The second kappa shape index (κ2) is 45.8. The number of esters is 1. The van der Waals surface area contributed by atoms with Crippen molar-refractivity contribution in [1.82, 2.24) is 52.8 Å². The molecule has 5 rings (SSSR count). The number of carbonyl (C=O) groups is 14. The van der Waals surface area contributed by atoms with Crippen LogP contribution in [-0.2, 0) is 80.0 Å². The minimum atomic E-state index is -1.98. The standard InChI is InChI=1S/C73H112N12O20/c1-7-43(5)62-73(104)105-49-29-25-46(26-30-49)40-56(81-64(95)51(21-17-37-74)78-65(96)52(32-35-60(91)92)76-59(90)41-48(88)20-16-14-12-10-9-11-13-15-19-42(3)4)69(100)84-63(44(6)86)71(102)80-54(33-36-61(93)94)66(97)77-50(8-2)72(103)85-38-18-22-57(85)70(101)79-53(31-34-58(75)89)67(98)82-55(68(99)83-62)39-45-23-27-47(87)28-24-45/h23-30,42-44,48,50-57,62-63,86-88H,7-22,31-41,74H2,1-6H3,(H2,75,89)(H,76,90)(H,77,97)(H,78,96)(H,79,101)(H,80,102)(H,81,95)(H,82,98)(H,83,99)(H,84,100)(H,91,92)(H,93,94)/t43-,44?,48?,50+,51+,52-,53-,54-,55+,56-,57-,62-,63+/m0/s1. The zero-order valence-corrected chi connectivity index (χ0v) is 61.3. The number of benzene rings is 2. The van der Waals surface area contributed by atoms with Gasteiger partial charge in [-0.25, -0.2) is 4.79 Å². The minimum Gasteiger partial charge on any atom is -0.508 e. The first-order valence-electron chi connectivity index (χ1n) is 36.7. The van der Waals surface area contributed by atoms with Gasteiger partial charge in [-0.2, -0.15) is 0 Å². The van der Waals surface area contributed by atoms with Crippen molar-refractivity contribution in [2.24, 2.45) is 23.3 Å². The summed E-state index contributed by atoms with van der Waals surface area (Å²) in [6.45, 7) is 10.3. The summed E-state index contributed by atoms with van der Waals surface area (Å²) in [6, 6.07) is -4.81. The number of carboxylic acid groups (broad SMARTS) is 2. The molecule has 3 heterocycles. The molecule has 32 nitrogen and oxygen atoms in total. The Bertz CT molecular complexity index is 3230. The van der Waals surface area contributed by atoms with Gasteiger partial charge in [0.15, 0.2) is 0 Å². The van der Waals surface area contributed by atoms with Gasteiger partial charge in [0.1, 0.15) is 71.9 Å². The molecule has 3 aliphatic rings. The number of phenols is 1. The lowest BCUT2D eigenvalue weighted by Crippen LogP contribution is -2.62. The molecule has 2 unspecified atom stereocenters. The maximum Gasteiger partial charge on any atom is 0.334 e. The van der Waals surface area contributed by atoms with E-state index in [0.717, 1.165) is 43.9 Å². The van der Waals surface area contributed by atoms with Crippen molar-refractivity contribution >= 4 is 82.9 Å². The number of nitrogens with one attached hydrogen (secondary N) is 9. The molecule has 0 spiro atoms. The molecular weight excluding hydrogens is 1360 g/mol. The van der Waals surface area contributed by atoms with Gasteiger partial charge in [-0.05, 0) is 118 Å². The number of rotatable bonds is 36. The molecule has 584 valence electrons. The Balaban J connectivity index is 1.77. The van der Waals surface area contributed by atoms with E-state index < -0.39 is 213 Å². The Hall–Kier alpha value is -9.30. The highest BCUT2D eigenvalue weighted by atomic mass is 16.5. The normalized spacial score (nSPS) is 21.9. The van der Waals surface area contributed by atoms with Crippen LogP contribution in [0.5, 0.6) is 11.5 Å². The summed E-state index contributed by atoms with van der Waals surface area (Å²) in [4.78, 5) is 195. The van der Waals surface area contributed by atoms with Gasteiger partial charge in [0.2, 0.25) is 65.0 Å². The van der Waals surface area contributed by atoms with Crippen molar-refractivity contribution in [1.29, 1.82) is 0 Å². The van der Waals surface area contributed by atoms with Crippen LogP contribution in [0.1, 0.15) is 200 Å². The highest BCUT2D eigenvalue weighted by Gasteiger charge is 2.42. The van der Waals surface area contributed by atoms with Gasteiger partial charge in [-0.1, -0.05) is 123 Å². The zero-order chi connectivity index (χ0) is 77.9. The summed E-state index contributed by atoms with van der Waals surface area (Å²) in [5.41, 5.74) is 12.0. The maximum absolute atomic E-state index is 14.8. The summed E-state index contributed by atoms with van der Waals surface area (Å²) in [6.07, 6.45) is 2.67. The van der Waals surface area contributed by atoms with Gasteiger partial charge < -0.3 is 94.5 Å². The van der Waals surface area contributed by atoms with Crippen molar-refractivity contribution in [3.8, 4) is 11.5 Å². The number of hydrogen-bond acceptors (Lipinski definition) is 19. The van der Waals surface area contributed by atoms with Gasteiger partial charge >= 0.3 is 17.9 Å². The van der Waals surface area contributed by atoms with Crippen LogP contribution in [0.3, 0.4) is 0 Å². The van der Waals surface area contributed by atoms with Gasteiger partial charge in [-0.15, -0.1) is 0 Å². The predicted molar refractivity (Wildman–Crippen MR) is 383 cm³/mol. The van der Waals surface area contributed by atoms with E-state index >= 15 is 0 Å². The number of ether oxygens (including phenoxy) is 1. The van der Waals surface area contributed by atoms with Crippen LogP contribution < -0.4 is 64.1 Å². The molecule has 2 aromatic rings. The Kier molecular flexibility index (Phi) is 38.4. The Morgan fingerprint density at radius 3 is 1.72 bits per heavy atom. The molecule has 0 saturated carbocycles. The molecule has 1 saturated heterocycles. The molecule has 0 radical (unpaired) electrons. The molecule has 3 aliphatic heterocycles. The van der Waals surface area contributed by atoms with E-state index in [2.05, 4.69) is 61.7 Å². The molecule has 1 fully saturated rings. The smallest absolute Gasteiger partial charge is 0.334 e. The van der Waals surface area contributed by atoms with Gasteiger partial charge in [0.05, 0.1) is 18.6 Å². The third-order valence-corrected chi connectivity index (χ3v) is 18.6. The van der Waals surface area contributed by atoms with E-state index in [4.69, 9.17) is 16.2 Å². The monoisotopic (exact) mass is 1480 g/mol. The second-order valence-electron chi connectivity index (χ2n) is 27.8. The van der Waals surface area contributed by atoms with Crippen molar-refractivity contribution < 1.29 is 97.4 Å². The van der Waals surface area contributed by atoms with Crippen LogP contribution in [-0.4, -0.2) is 199 Å². The number of carboxylic acids is 2. The topological polar surface area (TPSA) is 513 Å². The molecule has 2 bridgehead atoms. The highest BCUT2D eigenvalue weighted by molar-refractivity contribution is 5.99. The Morgan fingerprint density at radius 1 is 0.600 bits per heavy atom. The number of nitrogens with zero attached hydrogens (tertiary/aromatic N) is 1. The Labute approximate surface area is 612 Å². The summed E-state index contributed by atoms with van der Waals surface area (Å²) in [5, 5.41) is 74.4. The number of carbonyl (C=O) groups excluding carboxylic acids is 12. The first-order valence-corrected chi connectivity index (χ1v) is 36.7. The number of phenolic OH excluding ortho intramolecular Hbond substituents is 1. The number of unbranched alkanes of at least 4 members (excludes halogenated alkanes) is 7. The van der Waals surface area contributed by atoms with Crippen molar-refractivity contribution in [2.75, 3.05) is 13.1 Å². The second-order valence-corrected chi connectivity index (χ2v) is 27.8. The summed E-state index contributed by atoms with van der Waals surface area (Å²) in [5.74, 6) is -14.6. The number of nitrogens with two attached hydrogens (primary N) is 2. The first kappa shape index (κ1) is 88.1. The average molecular weight is 1480 g/mol. The van der Waals surface area contributed by atoms with E-state index in [9.17, 15) is 92.7 Å². The van der Waals surface area contributed by atoms with Crippen LogP contribution in [0.15, 0.2) is 48.5 Å². The summed E-state index contributed by atoms with van der Waals surface area (Å²) >= 11 is 0. The molecule has 105 heavy (non-hydrogen) atoms. The van der Waals surface area contributed by atoms with Crippen LogP contribution >= 0.6 is 0 Å². The summed E-state index contributed by atoms with van der Waals surface area (Å²) < 4.78 is 5.83. The van der Waals surface area contributed by atoms with Gasteiger partial charge in [-0.3, -0.25) is 62.3 Å². The number of aromatic hydroxyl groups is 1. The SMILES string of the molecule is CC[C@H]1NC(=O)[C@H](CCC(=O)O)NC(=O)[C@@H](C(C)O)NC(=O)[C@@H](NC(=O)[C@@H](CCCN)NC(=O)[C@H](CCC(=O)O)NC(=O)CC(O)CCCCCCCCCCC(C)C)Cc2ccc(cc2)OC(=O)[C@H]([C@@H](C)CC)NC(=O)[C@@H](Cc2ccc(O)cc2)NC(=O)[C@H](CCC(N)=O)NC(=O)[C@@H]2CCCN2C1=O. The van der Waals surface area contributed by atoms with Crippen LogP contribution in [0.25, 0.3) is 0 Å². The molecular formula is C73H112N12O20. The van der Waals surface area contributed by atoms with Crippen LogP contribution in [0, 0.1) is 11.8 Å². The largest absolute Gasteiger partial charge is 0.508 e. The quantitative estimate of drug-likeness (QED) is 0.0198. The van der Waals surface area contributed by atoms with E-state index in [1.807, 2.05) is 0 Å². The number of amides is 11. The number of aliphatic carboxylic acids is 2. The first-order chi connectivity index (χ1) is 49.8. The van der Waals surface area contributed by atoms with Crippen molar-refractivity contribution in [2.45, 2.75) is 275 Å². The fraction of sp³-hybridized carbons (Fsp3) is 0.644. The van der Waals surface area contributed by atoms with Crippen LogP contribution in [0.4, 0.5) is 0 Å². The maximum atomic E-state index is 14.8. The highest BCUT2D eigenvalue weighted by Crippen LogP contribution is 2.23. The Morgan fingerprint density at radius 2 is 1.15 bits per heavy atom. The predicted octanol–water partition coefficient (Wildman–Crippen LogP) is 1.33. The average Bonchev–Trinajstić information content (AvgIpc) is 1.82. The number of primary amides is 1. The fourth-order valence-corrected chi connectivity index (χ4v) is 12.2. The fourth-order valence-electron chi connectivity index (χ4n) is 12.2. The van der Waals surface area contributed by atoms with Gasteiger partial charge in [0, 0.05) is 38.6 Å². The van der Waals surface area contributed by atoms with E-state index in [1.165, 1.54) is 74.7 Å². The zero-order valence-electron chi connectivity index (χ0n) is 61.3. The van der Waals surface area contributed by atoms with Gasteiger partial charge in [0.25, 0.3) is 0 Å². The molecule has 0 aromatic heterocycles. The lowest BCUT2D eigenvalue weighted by Gasteiger charge is -2.31. The lowest BCUT2D eigenvalue weighted by molar-refractivity contribution is -0.143. The third kappa shape index (κ3) is 31.5. The minimum absolute atomic E-state index is 0.0227. The number of aliphatic hydroxyl groups is 2. The summed E-state index contributed by atoms with van der Waals surface area (Å²) in [7, 11) is 0. The molecule has 13 atom stereocenters. The van der Waals surface area contributed by atoms with Crippen molar-refractivity contribution in [3.05, 3.63) is 59.7 Å². The molecule has 18 N–H and O–H groups in total. The number of hydrogen-bond donors (Lipinski definition) is 16. The number of fused-ring (bicyclic) bond motifs is 23. The molecule has 11 amide bonds. The van der Waals surface area contributed by atoms with Crippen molar-refractivity contribution in [3.63, 3.8) is 0 Å². The third-order valence-electron chi connectivity index (χ3n) is 18.6. The van der Waals surface area contributed by atoms with Crippen LogP contribution in [0.2, 0.25) is 0 Å². The van der Waals surface area contributed by atoms with E-state index in [0.29, 0.717) is 30.7 Å². The van der Waals surface area contributed by atoms with E-state index in [1.54, 1.807) is 13.8 Å². The van der Waals surface area contributed by atoms with E-state index in [-0.39, 0.29) is 68.7 Å². The molecule has 0 aliphatic carbocycles. The molecule has 32 heteroatoms. The number of aliphatic hydroxyl groups excluding tert-OH is 2. The lowest BCUT2D eigenvalue weighted by atomic mass is 9.97. The molecule has 2 aromatic carbocycles.